The summed E-state index contributed by atoms with van der Waals surface area (Å²) in [6.45, 7) is 1.73. The van der Waals surface area contributed by atoms with Gasteiger partial charge in [0, 0.05) is 5.56 Å². The lowest BCUT2D eigenvalue weighted by Crippen LogP contribution is -2.33. The van der Waals surface area contributed by atoms with E-state index in [9.17, 15) is 9.59 Å². The average Bonchev–Trinajstić information content (AvgIpc) is 3.01. The van der Waals surface area contributed by atoms with Crippen LogP contribution in [0.3, 0.4) is 0 Å². The molecule has 7 heteroatoms. The number of aryl methyl sites for hydroxylation is 1. The average molecular weight is 355 g/mol. The van der Waals surface area contributed by atoms with E-state index in [1.54, 1.807) is 19.2 Å². The fourth-order valence-electron chi connectivity index (χ4n) is 2.33. The molecule has 0 aliphatic rings. The molecule has 0 unspecified atom stereocenters. The number of aromatic nitrogens is 1. The number of thiazole rings is 1. The molecule has 0 fully saturated rings. The maximum absolute atomic E-state index is 12.1. The number of amides is 2. The number of nitrogens with zero attached hydrogens (tertiary/aromatic N) is 1. The van der Waals surface area contributed by atoms with Gasteiger partial charge in [-0.2, -0.15) is 0 Å². The number of hydrogen-bond acceptors (Lipinski definition) is 5. The highest BCUT2D eigenvalue weighted by atomic mass is 32.1. The largest absolute Gasteiger partial charge is 0.497 e. The number of carbonyl (C=O) groups excluding carboxylic acids is 2. The van der Waals surface area contributed by atoms with E-state index in [4.69, 9.17) is 4.74 Å². The first kappa shape index (κ1) is 16.9. The first-order chi connectivity index (χ1) is 12.1. The van der Waals surface area contributed by atoms with Crippen molar-refractivity contribution in [1.82, 2.24) is 10.3 Å². The summed E-state index contributed by atoms with van der Waals surface area (Å²) < 4.78 is 6.09. The van der Waals surface area contributed by atoms with Gasteiger partial charge in [-0.05, 0) is 36.8 Å². The van der Waals surface area contributed by atoms with Crippen LogP contribution in [0.1, 0.15) is 15.9 Å². The molecular weight excluding hydrogens is 338 g/mol. The molecule has 2 aromatic carbocycles. The van der Waals surface area contributed by atoms with E-state index >= 15 is 0 Å². The van der Waals surface area contributed by atoms with Gasteiger partial charge in [0.2, 0.25) is 5.91 Å². The number of ether oxygens (including phenoxy) is 1. The smallest absolute Gasteiger partial charge is 0.251 e. The van der Waals surface area contributed by atoms with Crippen molar-refractivity contribution in [3.05, 3.63) is 53.6 Å². The van der Waals surface area contributed by atoms with E-state index in [2.05, 4.69) is 15.6 Å². The Balaban J connectivity index is 1.61. The third-order valence-electron chi connectivity index (χ3n) is 3.64. The second-order valence-corrected chi connectivity index (χ2v) is 6.43. The van der Waals surface area contributed by atoms with Crippen LogP contribution in [0.5, 0.6) is 5.75 Å². The van der Waals surface area contributed by atoms with E-state index in [0.29, 0.717) is 10.7 Å². The van der Waals surface area contributed by atoms with Crippen LogP contribution in [-0.2, 0) is 4.79 Å². The Morgan fingerprint density at radius 1 is 1.20 bits per heavy atom. The van der Waals surface area contributed by atoms with E-state index in [1.165, 1.54) is 11.3 Å². The lowest BCUT2D eigenvalue weighted by molar-refractivity contribution is -0.115. The van der Waals surface area contributed by atoms with Crippen molar-refractivity contribution in [2.75, 3.05) is 19.0 Å². The summed E-state index contributed by atoms with van der Waals surface area (Å²) in [6.07, 6.45) is 0. The first-order valence-electron chi connectivity index (χ1n) is 7.65. The van der Waals surface area contributed by atoms with Crippen LogP contribution in [-0.4, -0.2) is 30.5 Å². The molecule has 0 radical (unpaired) electrons. The molecule has 0 spiro atoms. The fourth-order valence-corrected chi connectivity index (χ4v) is 3.24. The predicted molar refractivity (Wildman–Crippen MR) is 98.3 cm³/mol. The van der Waals surface area contributed by atoms with Crippen LogP contribution in [0.4, 0.5) is 5.13 Å². The van der Waals surface area contributed by atoms with Crippen molar-refractivity contribution in [1.29, 1.82) is 0 Å². The Bertz CT molecular complexity index is 936. The summed E-state index contributed by atoms with van der Waals surface area (Å²) in [5.41, 5.74) is 2.20. The SMILES string of the molecule is COc1ccc2nc(NC(=O)CNC(=O)c3ccccc3C)sc2c1. The van der Waals surface area contributed by atoms with Crippen molar-refractivity contribution < 1.29 is 14.3 Å². The predicted octanol–water partition coefficient (Wildman–Crippen LogP) is 2.98. The number of methoxy groups -OCH3 is 1. The second-order valence-electron chi connectivity index (χ2n) is 5.40. The zero-order chi connectivity index (χ0) is 17.8. The molecule has 6 nitrogen and oxygen atoms in total. The summed E-state index contributed by atoms with van der Waals surface area (Å²) in [7, 11) is 1.60. The van der Waals surface area contributed by atoms with Crippen molar-refractivity contribution >= 4 is 38.5 Å². The zero-order valence-corrected chi connectivity index (χ0v) is 14.6. The van der Waals surface area contributed by atoms with Crippen LogP contribution >= 0.6 is 11.3 Å². The lowest BCUT2D eigenvalue weighted by atomic mass is 10.1. The highest BCUT2D eigenvalue weighted by Crippen LogP contribution is 2.28. The molecule has 128 valence electrons. The van der Waals surface area contributed by atoms with E-state index in [-0.39, 0.29) is 18.4 Å². The fraction of sp³-hybridized carbons (Fsp3) is 0.167. The summed E-state index contributed by atoms with van der Waals surface area (Å²) in [6, 6.07) is 12.7. The highest BCUT2D eigenvalue weighted by molar-refractivity contribution is 7.22. The number of anilines is 1. The van der Waals surface area contributed by atoms with Gasteiger partial charge in [-0.3, -0.25) is 9.59 Å². The molecule has 3 rings (SSSR count). The highest BCUT2D eigenvalue weighted by Gasteiger charge is 2.12. The molecule has 0 atom stereocenters. The number of benzene rings is 2. The molecule has 0 bridgehead atoms. The van der Waals surface area contributed by atoms with Gasteiger partial charge in [0.25, 0.3) is 5.91 Å². The third-order valence-corrected chi connectivity index (χ3v) is 4.57. The Kier molecular flexibility index (Phi) is 4.95. The molecule has 25 heavy (non-hydrogen) atoms. The molecule has 1 aromatic heterocycles. The molecule has 1 heterocycles. The number of rotatable bonds is 5. The summed E-state index contributed by atoms with van der Waals surface area (Å²) in [5, 5.41) is 5.81. The number of carbonyl (C=O) groups is 2. The second kappa shape index (κ2) is 7.31. The molecular formula is C18H17N3O3S. The van der Waals surface area contributed by atoms with E-state index in [1.807, 2.05) is 37.3 Å². The lowest BCUT2D eigenvalue weighted by Gasteiger charge is -2.07. The molecule has 2 N–H and O–H groups in total. The standard InChI is InChI=1S/C18H17N3O3S/c1-11-5-3-4-6-13(11)17(23)19-10-16(22)21-18-20-14-8-7-12(24-2)9-15(14)25-18/h3-9H,10H2,1-2H3,(H,19,23)(H,20,21,22). The topological polar surface area (TPSA) is 80.3 Å². The quantitative estimate of drug-likeness (QED) is 0.737. The molecule has 0 aliphatic heterocycles. The minimum atomic E-state index is -0.326. The van der Waals surface area contributed by atoms with Crippen LogP contribution in [0.2, 0.25) is 0 Å². The van der Waals surface area contributed by atoms with E-state index < -0.39 is 0 Å². The van der Waals surface area contributed by atoms with Crippen molar-refractivity contribution in [3.8, 4) is 5.75 Å². The Labute approximate surface area is 148 Å². The van der Waals surface area contributed by atoms with Gasteiger partial charge in [-0.1, -0.05) is 29.5 Å². The van der Waals surface area contributed by atoms with Crippen LogP contribution in [0.15, 0.2) is 42.5 Å². The molecule has 2 amide bonds. The van der Waals surface area contributed by atoms with Gasteiger partial charge < -0.3 is 15.4 Å². The normalized spacial score (nSPS) is 10.5. The third kappa shape index (κ3) is 3.95. The minimum absolute atomic E-state index is 0.119. The number of nitrogens with one attached hydrogen (secondary N) is 2. The van der Waals surface area contributed by atoms with Gasteiger partial charge in [0.15, 0.2) is 5.13 Å². The molecule has 0 aliphatic carbocycles. The Morgan fingerprint density at radius 3 is 2.76 bits per heavy atom. The van der Waals surface area contributed by atoms with Crippen molar-refractivity contribution in [3.63, 3.8) is 0 Å². The van der Waals surface area contributed by atoms with Crippen LogP contribution in [0.25, 0.3) is 10.2 Å². The van der Waals surface area contributed by atoms with Gasteiger partial charge in [0.05, 0.1) is 23.9 Å². The monoisotopic (exact) mass is 355 g/mol. The minimum Gasteiger partial charge on any atom is -0.497 e. The number of hydrogen-bond donors (Lipinski definition) is 2. The summed E-state index contributed by atoms with van der Waals surface area (Å²) in [5.74, 6) is 0.134. The van der Waals surface area contributed by atoms with Crippen LogP contribution in [0, 0.1) is 6.92 Å². The van der Waals surface area contributed by atoms with E-state index in [0.717, 1.165) is 21.5 Å². The molecule has 0 saturated carbocycles. The maximum atomic E-state index is 12.1. The van der Waals surface area contributed by atoms with Crippen molar-refractivity contribution in [2.45, 2.75) is 6.92 Å². The van der Waals surface area contributed by atoms with Gasteiger partial charge in [-0.15, -0.1) is 0 Å². The molecule has 3 aromatic rings. The first-order valence-corrected chi connectivity index (χ1v) is 8.47. The zero-order valence-electron chi connectivity index (χ0n) is 13.8. The van der Waals surface area contributed by atoms with Crippen molar-refractivity contribution in [2.24, 2.45) is 0 Å². The maximum Gasteiger partial charge on any atom is 0.251 e. The van der Waals surface area contributed by atoms with Gasteiger partial charge in [-0.25, -0.2) is 4.98 Å². The van der Waals surface area contributed by atoms with Crippen LogP contribution < -0.4 is 15.4 Å². The van der Waals surface area contributed by atoms with Gasteiger partial charge >= 0.3 is 0 Å². The Hall–Kier alpha value is -2.93. The summed E-state index contributed by atoms with van der Waals surface area (Å²) >= 11 is 1.35. The van der Waals surface area contributed by atoms with Gasteiger partial charge in [0.1, 0.15) is 5.75 Å². The molecule has 0 saturated heterocycles. The number of fused-ring (bicyclic) bond motifs is 1. The summed E-state index contributed by atoms with van der Waals surface area (Å²) in [4.78, 5) is 28.5. The Morgan fingerprint density at radius 2 is 2.00 bits per heavy atom.